The molecule has 0 spiro atoms. The Bertz CT molecular complexity index is 721. The number of hydrogen-bond acceptors (Lipinski definition) is 4. The maximum Gasteiger partial charge on any atom is 0.310 e. The summed E-state index contributed by atoms with van der Waals surface area (Å²) in [5.41, 5.74) is 1.89. The van der Waals surface area contributed by atoms with Crippen molar-refractivity contribution in [2.75, 3.05) is 5.32 Å². The number of aromatic nitrogens is 1. The number of esters is 1. The highest BCUT2D eigenvalue weighted by molar-refractivity contribution is 5.88. The molecule has 1 heterocycles. The van der Waals surface area contributed by atoms with Gasteiger partial charge in [0.15, 0.2) is 0 Å². The van der Waals surface area contributed by atoms with E-state index in [1.807, 2.05) is 30.4 Å². The van der Waals surface area contributed by atoms with Gasteiger partial charge in [-0.25, -0.2) is 4.98 Å². The van der Waals surface area contributed by atoms with Crippen molar-refractivity contribution >= 4 is 29.8 Å². The van der Waals surface area contributed by atoms with Crippen molar-refractivity contribution in [3.63, 3.8) is 0 Å². The number of anilines is 1. The number of ether oxygens (including phenoxy) is 1. The highest BCUT2D eigenvalue weighted by atomic mass is 16.5. The smallest absolute Gasteiger partial charge is 0.310 e. The SMILES string of the molecule is CCC(=O)Oc1ccc(/C=C/c2ccnc(NC(C)=O)c2)cc1. The molecule has 1 aromatic carbocycles. The number of carbonyl (C=O) groups excluding carboxylic acids is 2. The van der Waals surface area contributed by atoms with Crippen molar-refractivity contribution in [2.45, 2.75) is 20.3 Å². The van der Waals surface area contributed by atoms with Crippen LogP contribution in [-0.2, 0) is 9.59 Å². The maximum absolute atomic E-state index is 11.2. The van der Waals surface area contributed by atoms with E-state index in [-0.39, 0.29) is 11.9 Å². The Morgan fingerprint density at radius 2 is 1.83 bits per heavy atom. The summed E-state index contributed by atoms with van der Waals surface area (Å²) in [6, 6.07) is 10.9. The Morgan fingerprint density at radius 1 is 1.13 bits per heavy atom. The van der Waals surface area contributed by atoms with Gasteiger partial charge in [-0.15, -0.1) is 0 Å². The monoisotopic (exact) mass is 310 g/mol. The number of rotatable bonds is 5. The first kappa shape index (κ1) is 16.4. The molecule has 0 aliphatic heterocycles. The van der Waals surface area contributed by atoms with Gasteiger partial charge in [0.05, 0.1) is 0 Å². The lowest BCUT2D eigenvalue weighted by molar-refractivity contribution is -0.134. The Labute approximate surface area is 135 Å². The van der Waals surface area contributed by atoms with E-state index < -0.39 is 0 Å². The second-order valence-electron chi connectivity index (χ2n) is 4.89. The van der Waals surface area contributed by atoms with Crippen LogP contribution in [0, 0.1) is 0 Å². The van der Waals surface area contributed by atoms with E-state index in [9.17, 15) is 9.59 Å². The second kappa shape index (κ2) is 7.89. The van der Waals surface area contributed by atoms with Gasteiger partial charge < -0.3 is 10.1 Å². The third-order valence-electron chi connectivity index (χ3n) is 2.96. The van der Waals surface area contributed by atoms with E-state index in [1.165, 1.54) is 6.92 Å². The van der Waals surface area contributed by atoms with Gasteiger partial charge in [0, 0.05) is 19.5 Å². The third-order valence-corrected chi connectivity index (χ3v) is 2.96. The van der Waals surface area contributed by atoms with Gasteiger partial charge in [-0.1, -0.05) is 31.2 Å². The molecule has 0 aliphatic carbocycles. The molecule has 1 aromatic heterocycles. The van der Waals surface area contributed by atoms with Crippen LogP contribution in [0.25, 0.3) is 12.2 Å². The van der Waals surface area contributed by atoms with Gasteiger partial charge in [0.1, 0.15) is 11.6 Å². The van der Waals surface area contributed by atoms with E-state index in [0.29, 0.717) is 18.0 Å². The molecule has 118 valence electrons. The standard InChI is InChI=1S/C18H18N2O3/c1-3-18(22)23-16-8-6-14(7-9-16)4-5-15-10-11-19-17(12-15)20-13(2)21/h4-12H,3H2,1-2H3,(H,19,20,21)/b5-4+. The Kier molecular flexibility index (Phi) is 5.63. The summed E-state index contributed by atoms with van der Waals surface area (Å²) in [7, 11) is 0. The molecule has 2 rings (SSSR count). The van der Waals surface area contributed by atoms with E-state index in [4.69, 9.17) is 4.74 Å². The van der Waals surface area contributed by atoms with Crippen LogP contribution in [0.1, 0.15) is 31.4 Å². The van der Waals surface area contributed by atoms with E-state index in [2.05, 4.69) is 10.3 Å². The topological polar surface area (TPSA) is 68.3 Å². The molecule has 0 aliphatic rings. The van der Waals surface area contributed by atoms with Crippen molar-refractivity contribution in [3.05, 3.63) is 53.7 Å². The highest BCUT2D eigenvalue weighted by Gasteiger charge is 2.01. The zero-order valence-corrected chi connectivity index (χ0v) is 13.1. The summed E-state index contributed by atoms with van der Waals surface area (Å²) >= 11 is 0. The summed E-state index contributed by atoms with van der Waals surface area (Å²) in [6.07, 6.45) is 5.83. The Balaban J connectivity index is 2.05. The molecule has 1 amide bonds. The molecule has 5 heteroatoms. The van der Waals surface area contributed by atoms with E-state index >= 15 is 0 Å². The number of amides is 1. The van der Waals surface area contributed by atoms with E-state index in [0.717, 1.165) is 11.1 Å². The molecule has 0 saturated carbocycles. The zero-order chi connectivity index (χ0) is 16.7. The molecular weight excluding hydrogens is 292 g/mol. The molecule has 23 heavy (non-hydrogen) atoms. The fraction of sp³-hybridized carbons (Fsp3) is 0.167. The fourth-order valence-corrected chi connectivity index (χ4v) is 1.84. The lowest BCUT2D eigenvalue weighted by atomic mass is 10.1. The molecule has 0 fully saturated rings. The normalized spacial score (nSPS) is 10.5. The second-order valence-corrected chi connectivity index (χ2v) is 4.89. The third kappa shape index (κ3) is 5.39. The van der Waals surface area contributed by atoms with Gasteiger partial charge >= 0.3 is 5.97 Å². The molecular formula is C18H18N2O3. The maximum atomic E-state index is 11.2. The minimum atomic E-state index is -0.254. The quantitative estimate of drug-likeness (QED) is 0.677. The van der Waals surface area contributed by atoms with Gasteiger partial charge in [-0.2, -0.15) is 0 Å². The predicted octanol–water partition coefficient (Wildman–Crippen LogP) is 3.53. The molecule has 0 atom stereocenters. The number of benzene rings is 1. The average molecular weight is 310 g/mol. The summed E-state index contributed by atoms with van der Waals surface area (Å²) in [5, 5.41) is 2.64. The first-order valence-electron chi connectivity index (χ1n) is 7.29. The van der Waals surface area contributed by atoms with Crippen molar-refractivity contribution in [1.29, 1.82) is 0 Å². The largest absolute Gasteiger partial charge is 0.427 e. The Hall–Kier alpha value is -2.95. The number of pyridine rings is 1. The molecule has 0 saturated heterocycles. The fourth-order valence-electron chi connectivity index (χ4n) is 1.84. The number of hydrogen-bond donors (Lipinski definition) is 1. The summed E-state index contributed by atoms with van der Waals surface area (Å²) in [5.74, 6) is 0.638. The van der Waals surface area contributed by atoms with Crippen molar-refractivity contribution in [1.82, 2.24) is 4.98 Å². The number of nitrogens with one attached hydrogen (secondary N) is 1. The highest BCUT2D eigenvalue weighted by Crippen LogP contribution is 2.16. The van der Waals surface area contributed by atoms with Gasteiger partial charge in [0.2, 0.25) is 5.91 Å². The lowest BCUT2D eigenvalue weighted by Crippen LogP contribution is -2.07. The first-order chi connectivity index (χ1) is 11.1. The van der Waals surface area contributed by atoms with Gasteiger partial charge in [-0.3, -0.25) is 9.59 Å². The summed E-state index contributed by atoms with van der Waals surface area (Å²) in [6.45, 7) is 3.19. The van der Waals surface area contributed by atoms with Crippen LogP contribution in [0.3, 0.4) is 0 Å². The Morgan fingerprint density at radius 3 is 2.48 bits per heavy atom. The minimum absolute atomic E-state index is 0.157. The van der Waals surface area contributed by atoms with Crippen LogP contribution in [0.2, 0.25) is 0 Å². The zero-order valence-electron chi connectivity index (χ0n) is 13.1. The predicted molar refractivity (Wildman–Crippen MR) is 89.8 cm³/mol. The van der Waals surface area contributed by atoms with Crippen molar-refractivity contribution in [3.8, 4) is 5.75 Å². The lowest BCUT2D eigenvalue weighted by Gasteiger charge is -2.03. The van der Waals surface area contributed by atoms with Crippen LogP contribution in [-0.4, -0.2) is 16.9 Å². The van der Waals surface area contributed by atoms with Crippen LogP contribution in [0.4, 0.5) is 5.82 Å². The van der Waals surface area contributed by atoms with E-state index in [1.54, 1.807) is 31.3 Å². The van der Waals surface area contributed by atoms with Crippen LogP contribution >= 0.6 is 0 Å². The summed E-state index contributed by atoms with van der Waals surface area (Å²) < 4.78 is 5.12. The van der Waals surface area contributed by atoms with Crippen LogP contribution < -0.4 is 10.1 Å². The number of nitrogens with zero attached hydrogens (tertiary/aromatic N) is 1. The molecule has 5 nitrogen and oxygen atoms in total. The molecule has 2 aromatic rings. The summed E-state index contributed by atoms with van der Waals surface area (Å²) in [4.78, 5) is 26.3. The van der Waals surface area contributed by atoms with Gasteiger partial charge in [-0.05, 0) is 35.4 Å². The van der Waals surface area contributed by atoms with Crippen LogP contribution in [0.15, 0.2) is 42.6 Å². The number of carbonyl (C=O) groups is 2. The average Bonchev–Trinajstić information content (AvgIpc) is 2.54. The molecule has 0 unspecified atom stereocenters. The molecule has 0 radical (unpaired) electrons. The van der Waals surface area contributed by atoms with Crippen LogP contribution in [0.5, 0.6) is 5.75 Å². The molecule has 0 bridgehead atoms. The minimum Gasteiger partial charge on any atom is -0.427 e. The molecule has 1 N–H and O–H groups in total. The van der Waals surface area contributed by atoms with Crippen molar-refractivity contribution < 1.29 is 14.3 Å². The first-order valence-corrected chi connectivity index (χ1v) is 7.29. The van der Waals surface area contributed by atoms with Gasteiger partial charge in [0.25, 0.3) is 0 Å². The van der Waals surface area contributed by atoms with Crippen molar-refractivity contribution in [2.24, 2.45) is 0 Å².